The second-order valence-corrected chi connectivity index (χ2v) is 5.75. The molecule has 1 rings (SSSR count). The van der Waals surface area contributed by atoms with Gasteiger partial charge in [-0.2, -0.15) is 0 Å². The van der Waals surface area contributed by atoms with Crippen molar-refractivity contribution in [2.24, 2.45) is 17.8 Å². The van der Waals surface area contributed by atoms with Crippen molar-refractivity contribution in [1.29, 1.82) is 0 Å². The second kappa shape index (κ2) is 6.07. The van der Waals surface area contributed by atoms with Gasteiger partial charge in [-0.05, 0) is 24.2 Å². The average molecular weight is 256 g/mol. The molecule has 1 fully saturated rings. The summed E-state index contributed by atoms with van der Waals surface area (Å²) < 4.78 is 0. The van der Waals surface area contributed by atoms with Crippen LogP contribution in [-0.4, -0.2) is 41.1 Å². The number of hydrogen-bond acceptors (Lipinski definition) is 2. The topological polar surface area (TPSA) is 69.6 Å². The minimum atomic E-state index is -0.974. The van der Waals surface area contributed by atoms with Gasteiger partial charge in [-0.25, -0.2) is 9.59 Å². The largest absolute Gasteiger partial charge is 0.480 e. The summed E-state index contributed by atoms with van der Waals surface area (Å²) >= 11 is 0. The van der Waals surface area contributed by atoms with Gasteiger partial charge in [-0.3, -0.25) is 0 Å². The molecule has 0 aliphatic carbocycles. The van der Waals surface area contributed by atoms with Crippen molar-refractivity contribution < 1.29 is 14.7 Å². The van der Waals surface area contributed by atoms with Gasteiger partial charge in [0.2, 0.25) is 0 Å². The number of nitrogens with zero attached hydrogens (tertiary/aromatic N) is 1. The minimum Gasteiger partial charge on any atom is -0.480 e. The summed E-state index contributed by atoms with van der Waals surface area (Å²) in [5.41, 5.74) is 0. The fourth-order valence-corrected chi connectivity index (χ4v) is 2.25. The number of nitrogens with one attached hydrogen (secondary N) is 1. The number of urea groups is 1. The van der Waals surface area contributed by atoms with Crippen LogP contribution in [0.5, 0.6) is 0 Å². The first-order valence-corrected chi connectivity index (χ1v) is 6.61. The first-order chi connectivity index (χ1) is 8.32. The van der Waals surface area contributed by atoms with Gasteiger partial charge in [0.15, 0.2) is 0 Å². The average Bonchev–Trinajstić information content (AvgIpc) is 2.73. The van der Waals surface area contributed by atoms with Crippen molar-refractivity contribution in [3.8, 4) is 0 Å². The van der Waals surface area contributed by atoms with E-state index in [1.54, 1.807) is 18.7 Å². The van der Waals surface area contributed by atoms with Crippen LogP contribution >= 0.6 is 0 Å². The van der Waals surface area contributed by atoms with E-state index in [9.17, 15) is 9.59 Å². The van der Waals surface area contributed by atoms with E-state index in [1.165, 1.54) is 0 Å². The Morgan fingerprint density at radius 3 is 2.28 bits per heavy atom. The number of carboxylic acids is 1. The molecule has 1 saturated heterocycles. The fourth-order valence-electron chi connectivity index (χ4n) is 2.25. The molecule has 0 aromatic carbocycles. The molecular formula is C13H24N2O3. The third kappa shape index (κ3) is 3.62. The van der Waals surface area contributed by atoms with E-state index in [0.29, 0.717) is 11.8 Å². The van der Waals surface area contributed by atoms with E-state index < -0.39 is 12.0 Å². The number of carbonyl (C=O) groups is 2. The number of rotatable bonds is 4. The van der Waals surface area contributed by atoms with E-state index in [-0.39, 0.29) is 11.9 Å². The molecule has 5 nitrogen and oxygen atoms in total. The summed E-state index contributed by atoms with van der Waals surface area (Å²) in [7, 11) is 0. The van der Waals surface area contributed by atoms with Crippen LogP contribution in [0.2, 0.25) is 0 Å². The molecule has 2 amide bonds. The molecule has 104 valence electrons. The summed E-state index contributed by atoms with van der Waals surface area (Å²) in [6.45, 7) is 9.34. The number of hydrogen-bond donors (Lipinski definition) is 2. The van der Waals surface area contributed by atoms with Crippen molar-refractivity contribution in [2.45, 2.75) is 40.2 Å². The quantitative estimate of drug-likeness (QED) is 0.805. The Bertz CT molecular complexity index is 315. The van der Waals surface area contributed by atoms with Crippen molar-refractivity contribution in [1.82, 2.24) is 10.2 Å². The predicted octanol–water partition coefficient (Wildman–Crippen LogP) is 1.78. The molecule has 1 aliphatic heterocycles. The molecule has 2 atom stereocenters. The van der Waals surface area contributed by atoms with Gasteiger partial charge in [0.25, 0.3) is 0 Å². The normalized spacial score (nSPS) is 21.4. The molecule has 0 aromatic rings. The maximum absolute atomic E-state index is 12.0. The monoisotopic (exact) mass is 256 g/mol. The van der Waals surface area contributed by atoms with Crippen molar-refractivity contribution in [3.63, 3.8) is 0 Å². The standard InChI is InChI=1S/C13H24N2O3/c1-8(2)10-5-6-15(7-10)13(18)14-11(9(3)4)12(16)17/h8-11H,5-7H2,1-4H3,(H,14,18)(H,16,17)/t10?,11-/m1/s1. The maximum atomic E-state index is 12.0. The van der Waals surface area contributed by atoms with Gasteiger partial charge in [-0.15, -0.1) is 0 Å². The van der Waals surface area contributed by atoms with Crippen LogP contribution in [0.1, 0.15) is 34.1 Å². The number of carboxylic acid groups (broad SMARTS) is 1. The summed E-state index contributed by atoms with van der Waals surface area (Å²) in [6.07, 6.45) is 1.00. The van der Waals surface area contributed by atoms with Crippen molar-refractivity contribution >= 4 is 12.0 Å². The predicted molar refractivity (Wildman–Crippen MR) is 69.3 cm³/mol. The minimum absolute atomic E-state index is 0.116. The van der Waals surface area contributed by atoms with Crippen LogP contribution in [-0.2, 0) is 4.79 Å². The summed E-state index contributed by atoms with van der Waals surface area (Å²) in [5.74, 6) is -0.00541. The first kappa shape index (κ1) is 14.8. The number of likely N-dealkylation sites (tertiary alicyclic amines) is 1. The van der Waals surface area contributed by atoms with Crippen molar-refractivity contribution in [3.05, 3.63) is 0 Å². The lowest BCUT2D eigenvalue weighted by Crippen LogP contribution is -2.49. The van der Waals surface area contributed by atoms with Gasteiger partial charge in [0.1, 0.15) is 6.04 Å². The highest BCUT2D eigenvalue weighted by Crippen LogP contribution is 2.23. The van der Waals surface area contributed by atoms with Crippen LogP contribution in [0.25, 0.3) is 0 Å². The van der Waals surface area contributed by atoms with Crippen LogP contribution in [0.4, 0.5) is 4.79 Å². The third-order valence-corrected chi connectivity index (χ3v) is 3.67. The Labute approximate surface area is 109 Å². The van der Waals surface area contributed by atoms with Gasteiger partial charge in [0.05, 0.1) is 0 Å². The van der Waals surface area contributed by atoms with Gasteiger partial charge in [0, 0.05) is 13.1 Å². The van der Waals surface area contributed by atoms with E-state index in [0.717, 1.165) is 19.5 Å². The lowest BCUT2D eigenvalue weighted by Gasteiger charge is -2.23. The lowest BCUT2D eigenvalue weighted by atomic mass is 9.95. The molecule has 0 saturated carbocycles. The molecule has 1 aliphatic rings. The van der Waals surface area contributed by atoms with Gasteiger partial charge >= 0.3 is 12.0 Å². The zero-order chi connectivity index (χ0) is 13.9. The fraction of sp³-hybridized carbons (Fsp3) is 0.846. The zero-order valence-corrected chi connectivity index (χ0v) is 11.6. The van der Waals surface area contributed by atoms with E-state index in [1.807, 2.05) is 0 Å². The van der Waals surface area contributed by atoms with E-state index in [2.05, 4.69) is 19.2 Å². The summed E-state index contributed by atoms with van der Waals surface area (Å²) in [6, 6.07) is -1.06. The molecule has 18 heavy (non-hydrogen) atoms. The van der Waals surface area contributed by atoms with E-state index >= 15 is 0 Å². The Morgan fingerprint density at radius 1 is 1.28 bits per heavy atom. The molecule has 5 heteroatoms. The Hall–Kier alpha value is -1.26. The number of aliphatic carboxylic acids is 1. The molecule has 0 spiro atoms. The Balaban J connectivity index is 2.53. The van der Waals surface area contributed by atoms with Crippen molar-refractivity contribution in [2.75, 3.05) is 13.1 Å². The first-order valence-electron chi connectivity index (χ1n) is 6.61. The highest BCUT2D eigenvalue weighted by atomic mass is 16.4. The summed E-state index contributed by atoms with van der Waals surface area (Å²) in [4.78, 5) is 24.7. The van der Waals surface area contributed by atoms with Crippen LogP contribution in [0.3, 0.4) is 0 Å². The van der Waals surface area contributed by atoms with Crippen LogP contribution < -0.4 is 5.32 Å². The highest BCUT2D eigenvalue weighted by Gasteiger charge is 2.31. The lowest BCUT2D eigenvalue weighted by molar-refractivity contribution is -0.140. The smallest absolute Gasteiger partial charge is 0.326 e. The van der Waals surface area contributed by atoms with E-state index in [4.69, 9.17) is 5.11 Å². The Morgan fingerprint density at radius 2 is 1.89 bits per heavy atom. The molecule has 0 radical (unpaired) electrons. The SMILES string of the molecule is CC(C)C1CCN(C(=O)N[C@@H](C(=O)O)C(C)C)C1. The molecule has 2 N–H and O–H groups in total. The summed E-state index contributed by atoms with van der Waals surface area (Å²) in [5, 5.41) is 11.6. The zero-order valence-electron chi connectivity index (χ0n) is 11.6. The highest BCUT2D eigenvalue weighted by molar-refractivity contribution is 5.82. The number of amides is 2. The maximum Gasteiger partial charge on any atom is 0.326 e. The molecule has 1 unspecified atom stereocenters. The molecule has 0 bridgehead atoms. The van der Waals surface area contributed by atoms with Crippen LogP contribution in [0.15, 0.2) is 0 Å². The molecule has 0 aromatic heterocycles. The second-order valence-electron chi connectivity index (χ2n) is 5.75. The Kier molecular flexibility index (Phi) is 4.99. The van der Waals surface area contributed by atoms with Gasteiger partial charge in [-0.1, -0.05) is 27.7 Å². The molecule has 1 heterocycles. The third-order valence-electron chi connectivity index (χ3n) is 3.67. The van der Waals surface area contributed by atoms with Gasteiger partial charge < -0.3 is 15.3 Å². The van der Waals surface area contributed by atoms with Crippen LogP contribution in [0, 0.1) is 17.8 Å². The molecular weight excluding hydrogens is 232 g/mol. The number of carbonyl (C=O) groups excluding carboxylic acids is 1.